The highest BCUT2D eigenvalue weighted by atomic mass is 79.9. The SMILES string of the molecule is C=CC[C@]12CC(C)(C)[C@H](CC(=O)[C@H]1C)[C@H]2Br. The molecule has 90 valence electrons. The first-order valence-electron chi connectivity index (χ1n) is 6.13. The lowest BCUT2D eigenvalue weighted by Crippen LogP contribution is -2.44. The van der Waals surface area contributed by atoms with Crippen molar-refractivity contribution in [3.8, 4) is 0 Å². The van der Waals surface area contributed by atoms with Crippen LogP contribution in [0.5, 0.6) is 0 Å². The molecule has 0 aliphatic heterocycles. The van der Waals surface area contributed by atoms with Gasteiger partial charge in [0.15, 0.2) is 0 Å². The maximum Gasteiger partial charge on any atom is 0.136 e. The van der Waals surface area contributed by atoms with E-state index < -0.39 is 0 Å². The number of allylic oxidation sites excluding steroid dienone is 1. The van der Waals surface area contributed by atoms with Gasteiger partial charge in [0.05, 0.1) is 0 Å². The average molecular weight is 285 g/mol. The normalized spacial score (nSPS) is 45.8. The van der Waals surface area contributed by atoms with Crippen molar-refractivity contribution in [3.05, 3.63) is 12.7 Å². The monoisotopic (exact) mass is 284 g/mol. The summed E-state index contributed by atoms with van der Waals surface area (Å²) in [7, 11) is 0. The fraction of sp³-hybridized carbons (Fsp3) is 0.786. The number of hydrogen-bond acceptors (Lipinski definition) is 1. The second kappa shape index (κ2) is 3.69. The van der Waals surface area contributed by atoms with Gasteiger partial charge in [-0.25, -0.2) is 0 Å². The Morgan fingerprint density at radius 1 is 1.56 bits per heavy atom. The van der Waals surface area contributed by atoms with Gasteiger partial charge in [-0.3, -0.25) is 4.79 Å². The van der Waals surface area contributed by atoms with Crippen molar-refractivity contribution in [2.45, 2.75) is 44.9 Å². The van der Waals surface area contributed by atoms with Gasteiger partial charge in [0.1, 0.15) is 5.78 Å². The highest BCUT2D eigenvalue weighted by Crippen LogP contribution is 2.65. The largest absolute Gasteiger partial charge is 0.299 e. The van der Waals surface area contributed by atoms with Crippen LogP contribution in [0.4, 0.5) is 0 Å². The number of Topliss-reactive ketones (excluding diaryl/α,β-unsaturated/α-hetero) is 1. The number of fused-ring (bicyclic) bond motifs is 2. The molecule has 0 aromatic heterocycles. The summed E-state index contributed by atoms with van der Waals surface area (Å²) in [6.07, 6.45) is 4.83. The van der Waals surface area contributed by atoms with E-state index >= 15 is 0 Å². The van der Waals surface area contributed by atoms with Gasteiger partial charge in [-0.2, -0.15) is 0 Å². The molecule has 2 aliphatic rings. The molecule has 2 heteroatoms. The summed E-state index contributed by atoms with van der Waals surface area (Å²) in [5.74, 6) is 1.12. The zero-order valence-corrected chi connectivity index (χ0v) is 12.0. The minimum atomic E-state index is 0.116. The van der Waals surface area contributed by atoms with Gasteiger partial charge in [0.2, 0.25) is 0 Å². The van der Waals surface area contributed by atoms with E-state index in [4.69, 9.17) is 0 Å². The molecular weight excluding hydrogens is 264 g/mol. The van der Waals surface area contributed by atoms with Crippen molar-refractivity contribution in [2.24, 2.45) is 22.7 Å². The molecule has 0 radical (unpaired) electrons. The number of alkyl halides is 1. The van der Waals surface area contributed by atoms with Crippen molar-refractivity contribution in [1.29, 1.82) is 0 Å². The molecule has 0 saturated heterocycles. The molecule has 0 aromatic rings. The molecule has 4 atom stereocenters. The number of ketones is 1. The topological polar surface area (TPSA) is 17.1 Å². The lowest BCUT2D eigenvalue weighted by Gasteiger charge is -2.42. The Morgan fingerprint density at radius 2 is 2.19 bits per heavy atom. The van der Waals surface area contributed by atoms with Crippen molar-refractivity contribution < 1.29 is 4.79 Å². The maximum atomic E-state index is 12.1. The standard InChI is InChI=1S/C14H21BrO/c1-5-6-14-8-13(3,4)10(12(14)15)7-11(16)9(14)2/h5,9-10,12H,1,6-8H2,2-4H3/t9-,10-,12-,14+/m1/s1. The zero-order valence-electron chi connectivity index (χ0n) is 10.4. The van der Waals surface area contributed by atoms with Crippen LogP contribution in [0.15, 0.2) is 12.7 Å². The van der Waals surface area contributed by atoms with Gasteiger partial charge in [-0.1, -0.05) is 42.8 Å². The number of hydrogen-bond donors (Lipinski definition) is 0. The summed E-state index contributed by atoms with van der Waals surface area (Å²) in [6.45, 7) is 10.6. The van der Waals surface area contributed by atoms with Crippen LogP contribution >= 0.6 is 15.9 Å². The highest BCUT2D eigenvalue weighted by molar-refractivity contribution is 9.09. The summed E-state index contributed by atoms with van der Waals surface area (Å²) < 4.78 is 0. The number of rotatable bonds is 2. The van der Waals surface area contributed by atoms with Crippen LogP contribution < -0.4 is 0 Å². The fourth-order valence-corrected chi connectivity index (χ4v) is 5.64. The van der Waals surface area contributed by atoms with Gasteiger partial charge in [-0.05, 0) is 29.6 Å². The molecule has 2 rings (SSSR count). The van der Waals surface area contributed by atoms with Gasteiger partial charge < -0.3 is 0 Å². The molecule has 16 heavy (non-hydrogen) atoms. The predicted octanol–water partition coefficient (Wildman–Crippen LogP) is 3.97. The van der Waals surface area contributed by atoms with Crippen LogP contribution in [-0.4, -0.2) is 10.6 Å². The molecule has 0 heterocycles. The lowest BCUT2D eigenvalue weighted by atomic mass is 9.66. The second-order valence-corrected chi connectivity index (χ2v) is 7.28. The third-order valence-corrected chi connectivity index (χ3v) is 6.53. The van der Waals surface area contributed by atoms with E-state index in [2.05, 4.69) is 43.3 Å². The van der Waals surface area contributed by atoms with Gasteiger partial charge in [0, 0.05) is 17.2 Å². The quantitative estimate of drug-likeness (QED) is 0.554. The number of halogens is 1. The maximum absolute atomic E-state index is 12.1. The van der Waals surface area contributed by atoms with Crippen LogP contribution in [0, 0.1) is 22.7 Å². The van der Waals surface area contributed by atoms with E-state index in [-0.39, 0.29) is 16.7 Å². The number of carbonyl (C=O) groups excluding carboxylic acids is 1. The first-order chi connectivity index (χ1) is 7.35. The van der Waals surface area contributed by atoms with Crippen LogP contribution in [0.25, 0.3) is 0 Å². The molecule has 2 fully saturated rings. The Kier molecular flexibility index (Phi) is 2.85. The third-order valence-electron chi connectivity index (χ3n) is 4.98. The summed E-state index contributed by atoms with van der Waals surface area (Å²) >= 11 is 3.88. The smallest absolute Gasteiger partial charge is 0.136 e. The second-order valence-electron chi connectivity index (χ2n) is 6.29. The van der Waals surface area contributed by atoms with Crippen molar-refractivity contribution >= 4 is 21.7 Å². The average Bonchev–Trinajstić information content (AvgIpc) is 2.33. The van der Waals surface area contributed by atoms with Crippen molar-refractivity contribution in [2.75, 3.05) is 0 Å². The Bertz CT molecular complexity index is 334. The molecule has 2 saturated carbocycles. The fourth-order valence-electron chi connectivity index (χ4n) is 3.99. The van der Waals surface area contributed by atoms with Gasteiger partial charge in [0.25, 0.3) is 0 Å². The van der Waals surface area contributed by atoms with E-state index in [0.717, 1.165) is 19.3 Å². The molecule has 1 nitrogen and oxygen atoms in total. The summed E-state index contributed by atoms with van der Waals surface area (Å²) in [4.78, 5) is 12.6. The van der Waals surface area contributed by atoms with E-state index in [9.17, 15) is 4.79 Å². The first kappa shape index (κ1) is 12.3. The summed E-state index contributed by atoms with van der Waals surface area (Å²) in [6, 6.07) is 0. The van der Waals surface area contributed by atoms with E-state index in [1.807, 2.05) is 6.08 Å². The minimum Gasteiger partial charge on any atom is -0.299 e. The zero-order chi connectivity index (χ0) is 12.1. The predicted molar refractivity (Wildman–Crippen MR) is 70.6 cm³/mol. The molecule has 2 aliphatic carbocycles. The Morgan fingerprint density at radius 3 is 2.75 bits per heavy atom. The Labute approximate surface area is 107 Å². The third kappa shape index (κ3) is 1.45. The molecule has 0 aromatic carbocycles. The molecular formula is C14H21BrO. The molecule has 2 bridgehead atoms. The lowest BCUT2D eigenvalue weighted by molar-refractivity contribution is -0.129. The van der Waals surface area contributed by atoms with Crippen LogP contribution in [0.3, 0.4) is 0 Å². The Hall–Kier alpha value is -0.110. The summed E-state index contributed by atoms with van der Waals surface area (Å²) in [5, 5.41) is 0. The van der Waals surface area contributed by atoms with Crippen molar-refractivity contribution in [3.63, 3.8) is 0 Å². The van der Waals surface area contributed by atoms with Crippen LogP contribution in [0.1, 0.15) is 40.0 Å². The van der Waals surface area contributed by atoms with Crippen LogP contribution in [-0.2, 0) is 4.79 Å². The molecule has 0 N–H and O–H groups in total. The molecule has 0 unspecified atom stereocenters. The molecule has 0 amide bonds. The van der Waals surface area contributed by atoms with Gasteiger partial charge in [-0.15, -0.1) is 6.58 Å². The number of carbonyl (C=O) groups is 1. The van der Waals surface area contributed by atoms with E-state index in [0.29, 0.717) is 16.5 Å². The minimum absolute atomic E-state index is 0.116. The highest BCUT2D eigenvalue weighted by Gasteiger charge is 2.62. The summed E-state index contributed by atoms with van der Waals surface area (Å²) in [5.41, 5.74) is 0.392. The van der Waals surface area contributed by atoms with Crippen LogP contribution in [0.2, 0.25) is 0 Å². The first-order valence-corrected chi connectivity index (χ1v) is 7.04. The van der Waals surface area contributed by atoms with Crippen molar-refractivity contribution in [1.82, 2.24) is 0 Å². The van der Waals surface area contributed by atoms with E-state index in [1.165, 1.54) is 0 Å². The van der Waals surface area contributed by atoms with E-state index in [1.54, 1.807) is 0 Å². The van der Waals surface area contributed by atoms with Gasteiger partial charge >= 0.3 is 0 Å². The molecule has 0 spiro atoms. The Balaban J connectivity index is 2.46.